The lowest BCUT2D eigenvalue weighted by Gasteiger charge is -2.34. The van der Waals surface area contributed by atoms with E-state index in [1.165, 1.54) is 12.1 Å². The van der Waals surface area contributed by atoms with E-state index in [9.17, 15) is 4.79 Å². The number of hydrogen-bond acceptors (Lipinski definition) is 9. The SMILES string of the molecule is C=CC(=O)Nc1cccc(-c2cc(Nc3ccc(N4CCN(C)CC4)c(F)c3)nc(Nc3cccc(N4CCOCC4)c3)n2)c1. The van der Waals surface area contributed by atoms with Crippen LogP contribution in [0.2, 0.25) is 0 Å². The van der Waals surface area contributed by atoms with Crippen LogP contribution in [-0.4, -0.2) is 80.3 Å². The molecular formula is C34H37FN8O2. The minimum atomic E-state index is -0.304. The van der Waals surface area contributed by atoms with E-state index in [0.29, 0.717) is 47.7 Å². The summed E-state index contributed by atoms with van der Waals surface area (Å²) in [5, 5.41) is 9.42. The largest absolute Gasteiger partial charge is 0.378 e. The van der Waals surface area contributed by atoms with Gasteiger partial charge in [-0.05, 0) is 61.7 Å². The van der Waals surface area contributed by atoms with Crippen molar-refractivity contribution in [1.29, 1.82) is 0 Å². The highest BCUT2D eigenvalue weighted by atomic mass is 19.1. The number of anilines is 7. The number of halogens is 1. The summed E-state index contributed by atoms with van der Waals surface area (Å²) in [6.45, 7) is 9.92. The van der Waals surface area contributed by atoms with Crippen LogP contribution < -0.4 is 25.8 Å². The smallest absolute Gasteiger partial charge is 0.247 e. The lowest BCUT2D eigenvalue weighted by atomic mass is 10.1. The van der Waals surface area contributed by atoms with Gasteiger partial charge in [0.05, 0.1) is 24.6 Å². The number of nitrogens with one attached hydrogen (secondary N) is 3. The highest BCUT2D eigenvalue weighted by Gasteiger charge is 2.18. The van der Waals surface area contributed by atoms with E-state index in [1.807, 2.05) is 42.5 Å². The molecule has 3 heterocycles. The zero-order valence-electron chi connectivity index (χ0n) is 25.3. The van der Waals surface area contributed by atoms with Gasteiger partial charge in [-0.3, -0.25) is 4.79 Å². The molecule has 11 heteroatoms. The molecule has 2 aliphatic rings. The van der Waals surface area contributed by atoms with E-state index in [-0.39, 0.29) is 11.7 Å². The van der Waals surface area contributed by atoms with Crippen molar-refractivity contribution in [2.75, 3.05) is 85.3 Å². The molecule has 6 rings (SSSR count). The van der Waals surface area contributed by atoms with Gasteiger partial charge < -0.3 is 35.4 Å². The molecule has 0 radical (unpaired) electrons. The molecule has 2 saturated heterocycles. The van der Waals surface area contributed by atoms with E-state index < -0.39 is 0 Å². The number of amides is 1. The third-order valence-electron chi connectivity index (χ3n) is 7.88. The Labute approximate surface area is 262 Å². The van der Waals surface area contributed by atoms with Gasteiger partial charge in [0.2, 0.25) is 11.9 Å². The number of rotatable bonds is 9. The van der Waals surface area contributed by atoms with Crippen LogP contribution in [-0.2, 0) is 9.53 Å². The Morgan fingerprint density at radius 3 is 2.38 bits per heavy atom. The maximum absolute atomic E-state index is 15.3. The average Bonchev–Trinajstić information content (AvgIpc) is 3.06. The van der Waals surface area contributed by atoms with Crippen molar-refractivity contribution in [2.45, 2.75) is 0 Å². The third kappa shape index (κ3) is 7.57. The molecule has 3 aromatic carbocycles. The molecule has 0 saturated carbocycles. The number of likely N-dealkylation sites (N-methyl/N-ethyl adjacent to an activating group) is 1. The second-order valence-corrected chi connectivity index (χ2v) is 11.1. The van der Waals surface area contributed by atoms with Crippen molar-refractivity contribution >= 4 is 46.1 Å². The minimum Gasteiger partial charge on any atom is -0.378 e. The second kappa shape index (κ2) is 13.7. The standard InChI is InChI=1S/C34H37FN8O2/c1-3-33(44)37-25-7-4-6-24(20-25)30-23-32(36-27-10-11-31(29(35)22-27)43-14-12-41(2)13-15-43)40-34(39-30)38-26-8-5-9-28(21-26)42-16-18-45-19-17-42/h3-11,20-23H,1,12-19H2,2H3,(H,37,44)(H2,36,38,39,40). The number of nitrogens with zero attached hydrogens (tertiary/aromatic N) is 5. The van der Waals surface area contributed by atoms with Crippen LogP contribution in [0.5, 0.6) is 0 Å². The fourth-order valence-corrected chi connectivity index (χ4v) is 5.43. The molecule has 0 bridgehead atoms. The first-order valence-corrected chi connectivity index (χ1v) is 15.1. The predicted molar refractivity (Wildman–Crippen MR) is 178 cm³/mol. The molecule has 2 fully saturated rings. The number of benzene rings is 3. The second-order valence-electron chi connectivity index (χ2n) is 11.1. The Hall–Kier alpha value is -5.00. The first-order chi connectivity index (χ1) is 21.9. The van der Waals surface area contributed by atoms with Gasteiger partial charge in [-0.25, -0.2) is 9.37 Å². The molecule has 10 nitrogen and oxygen atoms in total. The molecule has 3 N–H and O–H groups in total. The van der Waals surface area contributed by atoms with Gasteiger partial charge in [0.25, 0.3) is 0 Å². The topological polar surface area (TPSA) is 97.9 Å². The van der Waals surface area contributed by atoms with Crippen molar-refractivity contribution in [1.82, 2.24) is 14.9 Å². The first-order valence-electron chi connectivity index (χ1n) is 15.1. The fraction of sp³-hybridized carbons (Fsp3) is 0.265. The van der Waals surface area contributed by atoms with E-state index in [1.54, 1.807) is 12.1 Å². The van der Waals surface area contributed by atoms with Crippen LogP contribution in [0.25, 0.3) is 11.3 Å². The Bertz CT molecular complexity index is 1670. The van der Waals surface area contributed by atoms with Crippen LogP contribution in [0, 0.1) is 5.82 Å². The van der Waals surface area contributed by atoms with Gasteiger partial charge in [0.1, 0.15) is 11.6 Å². The van der Waals surface area contributed by atoms with Crippen molar-refractivity contribution < 1.29 is 13.9 Å². The number of aromatic nitrogens is 2. The molecule has 0 unspecified atom stereocenters. The van der Waals surface area contributed by atoms with Crippen LogP contribution in [0.15, 0.2) is 85.5 Å². The van der Waals surface area contributed by atoms with Gasteiger partial charge in [-0.15, -0.1) is 0 Å². The Kier molecular flexibility index (Phi) is 9.18. The highest BCUT2D eigenvalue weighted by molar-refractivity contribution is 5.99. The predicted octanol–water partition coefficient (Wildman–Crippen LogP) is 5.48. The Balaban J connectivity index is 1.30. The van der Waals surface area contributed by atoms with Gasteiger partial charge in [-0.2, -0.15) is 4.98 Å². The van der Waals surface area contributed by atoms with Crippen LogP contribution >= 0.6 is 0 Å². The van der Waals surface area contributed by atoms with E-state index in [0.717, 1.165) is 56.2 Å². The Morgan fingerprint density at radius 2 is 1.60 bits per heavy atom. The molecule has 1 amide bonds. The van der Waals surface area contributed by atoms with Gasteiger partial charge in [-0.1, -0.05) is 24.8 Å². The normalized spacial score (nSPS) is 15.4. The van der Waals surface area contributed by atoms with Gasteiger partial charge >= 0.3 is 0 Å². The van der Waals surface area contributed by atoms with Crippen molar-refractivity contribution in [3.63, 3.8) is 0 Å². The summed E-state index contributed by atoms with van der Waals surface area (Å²) >= 11 is 0. The summed E-state index contributed by atoms with van der Waals surface area (Å²) in [7, 11) is 2.08. The van der Waals surface area contributed by atoms with Gasteiger partial charge in [0.15, 0.2) is 0 Å². The van der Waals surface area contributed by atoms with Crippen molar-refractivity contribution in [2.24, 2.45) is 0 Å². The Morgan fingerprint density at radius 1 is 0.844 bits per heavy atom. The number of carbonyl (C=O) groups excluding carboxylic acids is 1. The molecule has 232 valence electrons. The molecule has 45 heavy (non-hydrogen) atoms. The molecule has 0 aliphatic carbocycles. The third-order valence-corrected chi connectivity index (χ3v) is 7.88. The van der Waals surface area contributed by atoms with Gasteiger partial charge in [0, 0.05) is 73.6 Å². The lowest BCUT2D eigenvalue weighted by Crippen LogP contribution is -2.44. The van der Waals surface area contributed by atoms with E-state index in [4.69, 9.17) is 14.7 Å². The molecular weight excluding hydrogens is 571 g/mol. The van der Waals surface area contributed by atoms with E-state index >= 15 is 4.39 Å². The number of morpholine rings is 1. The number of carbonyl (C=O) groups is 1. The summed E-state index contributed by atoms with van der Waals surface area (Å²) in [6, 6.07) is 22.4. The summed E-state index contributed by atoms with van der Waals surface area (Å²) in [5.41, 5.74) is 5.07. The monoisotopic (exact) mass is 608 g/mol. The summed E-state index contributed by atoms with van der Waals surface area (Å²) in [6.07, 6.45) is 1.22. The van der Waals surface area contributed by atoms with Crippen molar-refractivity contribution in [3.8, 4) is 11.3 Å². The maximum atomic E-state index is 15.3. The minimum absolute atomic E-state index is 0.289. The van der Waals surface area contributed by atoms with Crippen molar-refractivity contribution in [3.05, 3.63) is 91.3 Å². The molecule has 4 aromatic rings. The quantitative estimate of drug-likeness (QED) is 0.213. The lowest BCUT2D eigenvalue weighted by molar-refractivity contribution is -0.111. The molecule has 1 aromatic heterocycles. The maximum Gasteiger partial charge on any atom is 0.247 e. The number of ether oxygens (including phenoxy) is 1. The summed E-state index contributed by atoms with van der Waals surface area (Å²) in [4.78, 5) is 28.1. The first kappa shape index (κ1) is 30.0. The molecule has 0 spiro atoms. The van der Waals surface area contributed by atoms with Crippen LogP contribution in [0.3, 0.4) is 0 Å². The highest BCUT2D eigenvalue weighted by Crippen LogP contribution is 2.30. The molecule has 0 atom stereocenters. The van der Waals surface area contributed by atoms with Crippen LogP contribution in [0.4, 0.5) is 44.6 Å². The fourth-order valence-electron chi connectivity index (χ4n) is 5.43. The zero-order valence-corrected chi connectivity index (χ0v) is 25.3. The summed E-state index contributed by atoms with van der Waals surface area (Å²) < 4.78 is 20.8. The van der Waals surface area contributed by atoms with Crippen LogP contribution in [0.1, 0.15) is 0 Å². The zero-order chi connectivity index (χ0) is 31.2. The number of piperazine rings is 1. The molecule has 2 aliphatic heterocycles. The number of hydrogen-bond donors (Lipinski definition) is 3. The summed E-state index contributed by atoms with van der Waals surface area (Å²) in [5.74, 6) is 0.257. The average molecular weight is 609 g/mol. The van der Waals surface area contributed by atoms with E-state index in [2.05, 4.69) is 56.4 Å².